The molecule has 0 aliphatic carbocycles. The number of carbonyl (C=O) groups excluding carboxylic acids is 1. The molecule has 170 valence electrons. The highest BCUT2D eigenvalue weighted by atomic mass is 16.7. The van der Waals surface area contributed by atoms with Crippen LogP contribution in [0, 0.1) is 5.92 Å². The molecule has 2 aliphatic heterocycles. The van der Waals surface area contributed by atoms with Crippen molar-refractivity contribution in [3.05, 3.63) is 35.9 Å². The molecule has 0 N–H and O–H groups in total. The second-order valence-electron chi connectivity index (χ2n) is 11.4. The predicted octanol–water partition coefficient (Wildman–Crippen LogP) is 5.38. The van der Waals surface area contributed by atoms with Gasteiger partial charge in [0.2, 0.25) is 0 Å². The van der Waals surface area contributed by atoms with Crippen molar-refractivity contribution >= 4 is 20.0 Å². The molecule has 1 atom stereocenters. The van der Waals surface area contributed by atoms with Gasteiger partial charge >= 0.3 is 14.2 Å². The number of benzene rings is 1. The van der Waals surface area contributed by atoms with Crippen molar-refractivity contribution in [3.63, 3.8) is 0 Å². The van der Waals surface area contributed by atoms with Gasteiger partial charge in [-0.15, -0.1) is 0 Å². The quantitative estimate of drug-likeness (QED) is 0.450. The Labute approximate surface area is 188 Å². The summed E-state index contributed by atoms with van der Waals surface area (Å²) in [5, 5.41) is -0.708. The minimum absolute atomic E-state index is 0.0901. The van der Waals surface area contributed by atoms with E-state index in [4.69, 9.17) is 18.6 Å². The molecule has 5 nitrogen and oxygen atoms in total. The van der Waals surface area contributed by atoms with Gasteiger partial charge in [-0.1, -0.05) is 44.2 Å². The zero-order valence-corrected chi connectivity index (χ0v) is 20.9. The van der Waals surface area contributed by atoms with Crippen LogP contribution in [0.2, 0.25) is 5.21 Å². The lowest BCUT2D eigenvalue weighted by Gasteiger charge is -2.38. The van der Waals surface area contributed by atoms with Crippen LogP contribution in [-0.4, -0.2) is 42.4 Å². The molecular weight excluding hydrogens is 390 g/mol. The first kappa shape index (κ1) is 24.5. The van der Waals surface area contributed by atoms with E-state index >= 15 is 0 Å². The van der Waals surface area contributed by atoms with Crippen LogP contribution < -0.4 is 0 Å². The molecule has 1 aromatic rings. The maximum atomic E-state index is 13.1. The number of hydrogen-bond donors (Lipinski definition) is 0. The van der Waals surface area contributed by atoms with Crippen molar-refractivity contribution in [1.29, 1.82) is 0 Å². The molecular formula is C24H38B2O5. The second kappa shape index (κ2) is 7.72. The van der Waals surface area contributed by atoms with Gasteiger partial charge in [0, 0.05) is 17.2 Å². The Morgan fingerprint density at radius 2 is 1.16 bits per heavy atom. The van der Waals surface area contributed by atoms with Gasteiger partial charge in [-0.05, 0) is 61.3 Å². The molecule has 0 aromatic heterocycles. The Morgan fingerprint density at radius 1 is 0.806 bits per heavy atom. The molecule has 3 rings (SSSR count). The lowest BCUT2D eigenvalue weighted by Crippen LogP contribution is -2.51. The van der Waals surface area contributed by atoms with E-state index in [1.54, 1.807) is 0 Å². The van der Waals surface area contributed by atoms with Crippen molar-refractivity contribution < 1.29 is 23.4 Å². The first-order chi connectivity index (χ1) is 14.0. The highest BCUT2D eigenvalue weighted by Gasteiger charge is 2.68. The normalized spacial score (nSPS) is 25.0. The summed E-state index contributed by atoms with van der Waals surface area (Å²) in [5.41, 5.74) is -1.27. The van der Waals surface area contributed by atoms with Crippen LogP contribution in [0.1, 0.15) is 86.0 Å². The topological polar surface area (TPSA) is 54.0 Å². The van der Waals surface area contributed by atoms with E-state index in [9.17, 15) is 4.79 Å². The minimum Gasteiger partial charge on any atom is -0.403 e. The average Bonchev–Trinajstić information content (AvgIpc) is 3.01. The van der Waals surface area contributed by atoms with Crippen LogP contribution in [0.4, 0.5) is 0 Å². The molecule has 1 unspecified atom stereocenters. The number of carbonyl (C=O) groups is 1. The maximum Gasteiger partial charge on any atom is 0.462 e. The summed E-state index contributed by atoms with van der Waals surface area (Å²) in [4.78, 5) is 13.1. The third kappa shape index (κ3) is 4.15. The van der Waals surface area contributed by atoms with E-state index in [2.05, 4.69) is 13.8 Å². The monoisotopic (exact) mass is 428 g/mol. The highest BCUT2D eigenvalue weighted by Crippen LogP contribution is 2.55. The summed E-state index contributed by atoms with van der Waals surface area (Å²) in [7, 11) is -1.16. The fourth-order valence-corrected chi connectivity index (χ4v) is 4.01. The molecule has 0 radical (unpaired) electrons. The fourth-order valence-electron chi connectivity index (χ4n) is 4.01. The fraction of sp³-hybridized carbons (Fsp3) is 0.708. The number of rotatable bonds is 6. The van der Waals surface area contributed by atoms with Crippen molar-refractivity contribution in [2.45, 2.75) is 103 Å². The van der Waals surface area contributed by atoms with Crippen LogP contribution in [0.5, 0.6) is 0 Å². The van der Waals surface area contributed by atoms with E-state index in [0.29, 0.717) is 12.0 Å². The third-order valence-corrected chi connectivity index (χ3v) is 8.17. The molecule has 2 aliphatic rings. The van der Waals surface area contributed by atoms with E-state index in [0.717, 1.165) is 0 Å². The Balaban J connectivity index is 1.96. The van der Waals surface area contributed by atoms with Gasteiger partial charge in [0.1, 0.15) is 0 Å². The van der Waals surface area contributed by atoms with Gasteiger partial charge < -0.3 is 18.6 Å². The van der Waals surface area contributed by atoms with E-state index in [1.165, 1.54) is 0 Å². The van der Waals surface area contributed by atoms with Crippen LogP contribution >= 0.6 is 0 Å². The van der Waals surface area contributed by atoms with E-state index in [1.807, 2.05) is 85.7 Å². The highest BCUT2D eigenvalue weighted by molar-refractivity contribution is 6.71. The van der Waals surface area contributed by atoms with Crippen molar-refractivity contribution in [2.24, 2.45) is 5.92 Å². The van der Waals surface area contributed by atoms with Crippen molar-refractivity contribution in [3.8, 4) is 0 Å². The lowest BCUT2D eigenvalue weighted by atomic mass is 9.35. The minimum atomic E-state index is -0.708. The standard InChI is InChI=1S/C24H38B2O5/c1-17(16-19(27)18-14-12-11-13-15-18)24(10,25-28-20(2,3)21(4,5)29-25)26-30-22(6,7)23(8,9)31-26/h11-15,17H,16H2,1-10H3. The Hall–Kier alpha value is -1.14. The molecule has 2 saturated heterocycles. The van der Waals surface area contributed by atoms with Crippen LogP contribution in [-0.2, 0) is 18.6 Å². The van der Waals surface area contributed by atoms with Gasteiger partial charge in [-0.3, -0.25) is 4.79 Å². The maximum absolute atomic E-state index is 13.1. The number of ketones is 1. The zero-order valence-electron chi connectivity index (χ0n) is 20.9. The smallest absolute Gasteiger partial charge is 0.403 e. The lowest BCUT2D eigenvalue weighted by molar-refractivity contribution is 0.00578. The van der Waals surface area contributed by atoms with Crippen LogP contribution in [0.3, 0.4) is 0 Å². The predicted molar refractivity (Wildman–Crippen MR) is 125 cm³/mol. The molecule has 2 fully saturated rings. The number of Topliss-reactive ketones (excluding diaryl/α,β-unsaturated/α-hetero) is 1. The van der Waals surface area contributed by atoms with E-state index in [-0.39, 0.29) is 11.7 Å². The summed E-state index contributed by atoms with van der Waals surface area (Å²) >= 11 is 0. The molecule has 2 heterocycles. The number of hydrogen-bond acceptors (Lipinski definition) is 5. The average molecular weight is 428 g/mol. The zero-order chi connectivity index (χ0) is 23.5. The molecule has 0 spiro atoms. The van der Waals surface area contributed by atoms with Gasteiger partial charge in [-0.25, -0.2) is 0 Å². The summed E-state index contributed by atoms with van der Waals surface area (Å²) < 4.78 is 26.0. The first-order valence-electron chi connectivity index (χ1n) is 11.3. The van der Waals surface area contributed by atoms with Crippen molar-refractivity contribution in [1.82, 2.24) is 0 Å². The largest absolute Gasteiger partial charge is 0.462 e. The molecule has 0 amide bonds. The molecule has 0 saturated carbocycles. The van der Waals surface area contributed by atoms with E-state index < -0.39 is 41.9 Å². The summed E-state index contributed by atoms with van der Waals surface area (Å²) in [5.74, 6) is -0.0306. The summed E-state index contributed by atoms with van der Waals surface area (Å²) in [6.45, 7) is 20.4. The second-order valence-corrected chi connectivity index (χ2v) is 11.4. The summed E-state index contributed by atoms with van der Waals surface area (Å²) in [6, 6.07) is 9.41. The summed E-state index contributed by atoms with van der Waals surface area (Å²) in [6.07, 6.45) is 0.342. The molecule has 7 heteroatoms. The van der Waals surface area contributed by atoms with Crippen molar-refractivity contribution in [2.75, 3.05) is 0 Å². The van der Waals surface area contributed by atoms with Gasteiger partial charge in [-0.2, -0.15) is 0 Å². The van der Waals surface area contributed by atoms with Crippen LogP contribution in [0.25, 0.3) is 0 Å². The van der Waals surface area contributed by atoms with Gasteiger partial charge in [0.15, 0.2) is 5.78 Å². The van der Waals surface area contributed by atoms with Crippen LogP contribution in [0.15, 0.2) is 30.3 Å². The third-order valence-electron chi connectivity index (χ3n) is 8.17. The molecule has 31 heavy (non-hydrogen) atoms. The Morgan fingerprint density at radius 3 is 1.52 bits per heavy atom. The van der Waals surface area contributed by atoms with Gasteiger partial charge in [0.05, 0.1) is 22.4 Å². The molecule has 0 bridgehead atoms. The Kier molecular flexibility index (Phi) is 6.10. The van der Waals surface area contributed by atoms with Gasteiger partial charge in [0.25, 0.3) is 0 Å². The first-order valence-corrected chi connectivity index (χ1v) is 11.3. The molecule has 1 aromatic carbocycles. The Bertz CT molecular complexity index is 751. The SMILES string of the molecule is CC(CC(=O)c1ccccc1)C(C)(B1OC(C)(C)C(C)(C)O1)B1OC(C)(C)C(C)(C)O1.